The van der Waals surface area contributed by atoms with E-state index in [1.54, 1.807) is 12.1 Å². The van der Waals surface area contributed by atoms with Crippen molar-refractivity contribution in [2.45, 2.75) is 11.7 Å². The normalized spacial score (nSPS) is 10.1. The molecule has 0 radical (unpaired) electrons. The van der Waals surface area contributed by atoms with Crippen molar-refractivity contribution in [3.63, 3.8) is 0 Å². The molecule has 108 valence electrons. The Labute approximate surface area is 133 Å². The van der Waals surface area contributed by atoms with E-state index in [4.69, 9.17) is 11.0 Å². The van der Waals surface area contributed by atoms with E-state index in [1.807, 2.05) is 18.2 Å². The number of anilines is 2. The van der Waals surface area contributed by atoms with Crippen molar-refractivity contribution in [1.29, 1.82) is 5.26 Å². The van der Waals surface area contributed by atoms with E-state index >= 15 is 0 Å². The Hall–Kier alpha value is -2.05. The number of amides is 1. The third kappa shape index (κ3) is 4.21. The van der Waals surface area contributed by atoms with Crippen molar-refractivity contribution in [3.8, 4) is 6.07 Å². The van der Waals surface area contributed by atoms with Crippen LogP contribution in [0.4, 0.5) is 11.6 Å². The van der Waals surface area contributed by atoms with Gasteiger partial charge in [-0.05, 0) is 24.3 Å². The van der Waals surface area contributed by atoms with Gasteiger partial charge in [0, 0.05) is 10.2 Å². The second-order valence-corrected chi connectivity index (χ2v) is 5.79. The fraction of sp³-hybridized carbons (Fsp3) is 0.167. The Morgan fingerprint density at radius 1 is 1.43 bits per heavy atom. The van der Waals surface area contributed by atoms with Crippen LogP contribution in [-0.4, -0.2) is 26.4 Å². The number of rotatable bonds is 5. The molecule has 7 nitrogen and oxygen atoms in total. The van der Waals surface area contributed by atoms with E-state index in [-0.39, 0.29) is 24.2 Å². The molecule has 21 heavy (non-hydrogen) atoms. The molecule has 0 spiro atoms. The van der Waals surface area contributed by atoms with Gasteiger partial charge < -0.3 is 11.1 Å². The molecule has 1 heterocycles. The molecule has 2 aromatic rings. The van der Waals surface area contributed by atoms with Gasteiger partial charge >= 0.3 is 0 Å². The highest BCUT2D eigenvalue weighted by Crippen LogP contribution is 2.18. The number of hydrogen-bond acceptors (Lipinski definition) is 6. The molecule has 0 bridgehead atoms. The summed E-state index contributed by atoms with van der Waals surface area (Å²) in [5.41, 5.74) is 6.36. The van der Waals surface area contributed by atoms with Crippen LogP contribution >= 0.6 is 27.7 Å². The monoisotopic (exact) mass is 366 g/mol. The van der Waals surface area contributed by atoms with Crippen molar-refractivity contribution in [2.24, 2.45) is 0 Å². The van der Waals surface area contributed by atoms with E-state index in [0.717, 1.165) is 4.47 Å². The molecule has 3 N–H and O–H groups in total. The highest BCUT2D eigenvalue weighted by molar-refractivity contribution is 9.10. The number of nitrogen functional groups attached to an aromatic ring is 1. The van der Waals surface area contributed by atoms with Gasteiger partial charge in [-0.1, -0.05) is 27.7 Å². The highest BCUT2D eigenvalue weighted by atomic mass is 79.9. The highest BCUT2D eigenvalue weighted by Gasteiger charge is 2.13. The van der Waals surface area contributed by atoms with Gasteiger partial charge in [-0.25, -0.2) is 0 Å². The van der Waals surface area contributed by atoms with Crippen molar-refractivity contribution < 1.29 is 4.79 Å². The Bertz CT molecular complexity index is 678. The Morgan fingerprint density at radius 3 is 2.81 bits per heavy atom. The van der Waals surface area contributed by atoms with Crippen molar-refractivity contribution in [2.75, 3.05) is 16.8 Å². The van der Waals surface area contributed by atoms with Gasteiger partial charge in [-0.2, -0.15) is 5.26 Å². The number of nitriles is 1. The molecule has 0 aliphatic rings. The van der Waals surface area contributed by atoms with Crippen molar-refractivity contribution in [1.82, 2.24) is 14.8 Å². The third-order valence-electron chi connectivity index (χ3n) is 2.44. The number of carbonyl (C=O) groups is 1. The molecule has 2 rings (SSSR count). The number of benzene rings is 1. The van der Waals surface area contributed by atoms with Crippen LogP contribution in [0.5, 0.6) is 0 Å². The first kappa shape index (κ1) is 15.3. The summed E-state index contributed by atoms with van der Waals surface area (Å²) in [5.74, 6) is 0.107. The van der Waals surface area contributed by atoms with Gasteiger partial charge in [0.2, 0.25) is 11.9 Å². The maximum atomic E-state index is 12.0. The molecule has 0 aliphatic carbocycles. The summed E-state index contributed by atoms with van der Waals surface area (Å²) in [6, 6.07) is 9.21. The fourth-order valence-electron chi connectivity index (χ4n) is 1.53. The molecule has 0 atom stereocenters. The maximum Gasteiger partial charge on any atom is 0.244 e. The minimum absolute atomic E-state index is 0.0113. The number of nitrogens with one attached hydrogen (secondary N) is 1. The standard InChI is InChI=1S/C12H11BrN6OS/c13-8-1-3-9(4-2-8)16-10(20)7-19-11(15)17-18-12(19)21-6-5-14/h1-4H,6-7H2,(H2,15,17)(H,16,20). The molecular formula is C12H11BrN6OS. The third-order valence-corrected chi connectivity index (χ3v) is 3.80. The van der Waals surface area contributed by atoms with Crippen molar-refractivity contribution in [3.05, 3.63) is 28.7 Å². The summed E-state index contributed by atoms with van der Waals surface area (Å²) < 4.78 is 2.40. The molecule has 0 saturated heterocycles. The number of thioether (sulfide) groups is 1. The zero-order chi connectivity index (χ0) is 15.2. The zero-order valence-electron chi connectivity index (χ0n) is 10.8. The number of hydrogen-bond donors (Lipinski definition) is 2. The lowest BCUT2D eigenvalue weighted by Gasteiger charge is -2.08. The predicted molar refractivity (Wildman–Crippen MR) is 83.5 cm³/mol. The first-order valence-corrected chi connectivity index (χ1v) is 7.62. The van der Waals surface area contributed by atoms with E-state index in [0.29, 0.717) is 10.8 Å². The molecular weight excluding hydrogens is 356 g/mol. The lowest BCUT2D eigenvalue weighted by atomic mass is 10.3. The lowest BCUT2D eigenvalue weighted by molar-refractivity contribution is -0.116. The van der Waals surface area contributed by atoms with Crippen LogP contribution in [0.1, 0.15) is 0 Å². The number of aromatic nitrogens is 3. The molecule has 0 saturated carbocycles. The summed E-state index contributed by atoms with van der Waals surface area (Å²) in [7, 11) is 0. The molecule has 0 aliphatic heterocycles. The fourth-order valence-corrected chi connectivity index (χ4v) is 2.40. The van der Waals surface area contributed by atoms with Gasteiger partial charge in [-0.15, -0.1) is 10.2 Å². The van der Waals surface area contributed by atoms with E-state index in [1.165, 1.54) is 16.3 Å². The zero-order valence-corrected chi connectivity index (χ0v) is 13.2. The second-order valence-electron chi connectivity index (χ2n) is 3.93. The van der Waals surface area contributed by atoms with Gasteiger partial charge in [0.1, 0.15) is 6.54 Å². The van der Waals surface area contributed by atoms with Gasteiger partial charge in [0.15, 0.2) is 5.16 Å². The van der Waals surface area contributed by atoms with Crippen LogP contribution in [0.2, 0.25) is 0 Å². The van der Waals surface area contributed by atoms with Crippen LogP contribution in [0.3, 0.4) is 0 Å². The minimum atomic E-state index is -0.248. The minimum Gasteiger partial charge on any atom is -0.368 e. The average Bonchev–Trinajstić information content (AvgIpc) is 2.80. The molecule has 1 aromatic carbocycles. The molecule has 1 amide bonds. The summed E-state index contributed by atoms with van der Waals surface area (Å²) in [5, 5.41) is 19.3. The van der Waals surface area contributed by atoms with Crippen LogP contribution in [0, 0.1) is 11.3 Å². The Morgan fingerprint density at radius 2 is 2.14 bits per heavy atom. The van der Waals surface area contributed by atoms with Crippen LogP contribution in [-0.2, 0) is 11.3 Å². The number of nitrogens with two attached hydrogens (primary N) is 1. The van der Waals surface area contributed by atoms with Crippen LogP contribution in [0.15, 0.2) is 33.9 Å². The predicted octanol–water partition coefficient (Wildman–Crippen LogP) is 1.88. The SMILES string of the molecule is N#CCSc1nnc(N)n1CC(=O)Nc1ccc(Br)cc1. The lowest BCUT2D eigenvalue weighted by Crippen LogP contribution is -2.20. The second kappa shape index (κ2) is 7.10. The molecule has 0 unspecified atom stereocenters. The molecule has 1 aromatic heterocycles. The van der Waals surface area contributed by atoms with Crippen molar-refractivity contribution >= 4 is 45.2 Å². The van der Waals surface area contributed by atoms with Gasteiger partial charge in [0.25, 0.3) is 0 Å². The summed E-state index contributed by atoms with van der Waals surface area (Å²) in [6.07, 6.45) is 0. The van der Waals surface area contributed by atoms with E-state index in [2.05, 4.69) is 31.4 Å². The number of nitrogens with zero attached hydrogens (tertiary/aromatic N) is 4. The molecule has 9 heteroatoms. The summed E-state index contributed by atoms with van der Waals surface area (Å²) in [4.78, 5) is 12.0. The Balaban J connectivity index is 2.04. The first-order chi connectivity index (χ1) is 10.1. The van der Waals surface area contributed by atoms with Gasteiger partial charge in [0.05, 0.1) is 11.8 Å². The summed E-state index contributed by atoms with van der Waals surface area (Å²) >= 11 is 4.50. The Kier molecular flexibility index (Phi) is 5.19. The topological polar surface area (TPSA) is 110 Å². The number of halogens is 1. The quantitative estimate of drug-likeness (QED) is 0.781. The van der Waals surface area contributed by atoms with E-state index < -0.39 is 0 Å². The van der Waals surface area contributed by atoms with Gasteiger partial charge in [-0.3, -0.25) is 9.36 Å². The first-order valence-electron chi connectivity index (χ1n) is 5.84. The van der Waals surface area contributed by atoms with E-state index in [9.17, 15) is 4.79 Å². The average molecular weight is 367 g/mol. The van der Waals surface area contributed by atoms with Crippen LogP contribution in [0.25, 0.3) is 0 Å². The largest absolute Gasteiger partial charge is 0.368 e. The number of carbonyl (C=O) groups excluding carboxylic acids is 1. The summed E-state index contributed by atoms with van der Waals surface area (Å²) in [6.45, 7) is -0.0113. The maximum absolute atomic E-state index is 12.0. The van der Waals surface area contributed by atoms with Crippen LogP contribution < -0.4 is 11.1 Å². The smallest absolute Gasteiger partial charge is 0.244 e. The molecule has 0 fully saturated rings.